The van der Waals surface area contributed by atoms with Crippen molar-refractivity contribution in [2.45, 2.75) is 57.0 Å². The summed E-state index contributed by atoms with van der Waals surface area (Å²) in [6, 6.07) is 17.7. The van der Waals surface area contributed by atoms with Gasteiger partial charge in [0.2, 0.25) is 17.7 Å². The maximum Gasteiger partial charge on any atom is 0.256 e. The number of aromatic nitrogens is 1. The summed E-state index contributed by atoms with van der Waals surface area (Å²) < 4.78 is 0. The van der Waals surface area contributed by atoms with Crippen LogP contribution in [-0.4, -0.2) is 63.6 Å². The molecule has 9 heteroatoms. The molecule has 3 heterocycles. The Morgan fingerprint density at radius 3 is 1.73 bits per heavy atom. The zero-order chi connectivity index (χ0) is 30.5. The van der Waals surface area contributed by atoms with E-state index >= 15 is 0 Å². The molecule has 2 aromatic carbocycles. The summed E-state index contributed by atoms with van der Waals surface area (Å²) in [7, 11) is 0. The second kappa shape index (κ2) is 13.2. The lowest BCUT2D eigenvalue weighted by atomic mass is 9.84. The molecule has 0 bridgehead atoms. The highest BCUT2D eigenvalue weighted by atomic mass is 16.2. The van der Waals surface area contributed by atoms with Gasteiger partial charge in [0.15, 0.2) is 0 Å². The van der Waals surface area contributed by atoms with Gasteiger partial charge >= 0.3 is 0 Å². The van der Waals surface area contributed by atoms with Crippen LogP contribution in [0.25, 0.3) is 12.2 Å². The molecular formula is C35H37N5O4. The molecule has 1 saturated carbocycles. The van der Waals surface area contributed by atoms with Crippen LogP contribution < -0.4 is 10.6 Å². The van der Waals surface area contributed by atoms with Gasteiger partial charge < -0.3 is 20.4 Å². The van der Waals surface area contributed by atoms with Crippen molar-refractivity contribution in [1.29, 1.82) is 0 Å². The van der Waals surface area contributed by atoms with Crippen molar-refractivity contribution in [2.75, 3.05) is 23.7 Å². The second-order valence-electron chi connectivity index (χ2n) is 11.8. The summed E-state index contributed by atoms with van der Waals surface area (Å²) in [6.07, 6.45) is 13.1. The van der Waals surface area contributed by atoms with Crippen LogP contribution in [0.4, 0.5) is 11.4 Å². The lowest BCUT2D eigenvalue weighted by Gasteiger charge is -2.32. The largest absolute Gasteiger partial charge is 0.330 e. The molecule has 2 saturated heterocycles. The number of pyridine rings is 1. The maximum absolute atomic E-state index is 13.0. The highest BCUT2D eigenvalue weighted by molar-refractivity contribution is 6.01. The highest BCUT2D eigenvalue weighted by Crippen LogP contribution is 2.31. The zero-order valence-corrected chi connectivity index (χ0v) is 24.7. The SMILES string of the molecule is O=C(Nc1ccc(/C=C/c2ccc(NC(=O)[C@@H]3CCCN3C(=O)C3CCC3)cc2)cc1)[C@@H]1CCCN1C(=O)c1cccnc1. The number of nitrogens with one attached hydrogen (secondary N) is 2. The first-order valence-electron chi connectivity index (χ1n) is 15.5. The number of nitrogens with zero attached hydrogens (tertiary/aromatic N) is 3. The fourth-order valence-corrected chi connectivity index (χ4v) is 6.13. The minimum Gasteiger partial charge on any atom is -0.330 e. The van der Waals surface area contributed by atoms with Crippen LogP contribution in [0.2, 0.25) is 0 Å². The summed E-state index contributed by atoms with van der Waals surface area (Å²) in [6.45, 7) is 1.21. The summed E-state index contributed by atoms with van der Waals surface area (Å²) in [5.74, 6) is -0.254. The standard InChI is InChI=1S/C35H37N5O4/c41-32(30-8-3-21-39(30)34(43)26-5-1-6-26)37-28-16-12-24(13-17-28)10-11-25-14-18-29(19-15-25)38-33(42)31-9-4-22-40(31)35(44)27-7-2-20-36-23-27/h2,7,10-20,23,26,30-31H,1,3-6,8-9,21-22H2,(H,37,41)(H,38,42)/b11-10+/t30-,31-/m0/s1. The van der Waals surface area contributed by atoms with Gasteiger partial charge in [-0.2, -0.15) is 0 Å². The molecule has 226 valence electrons. The topological polar surface area (TPSA) is 112 Å². The maximum atomic E-state index is 13.0. The molecule has 9 nitrogen and oxygen atoms in total. The van der Waals surface area contributed by atoms with E-state index in [0.717, 1.165) is 43.2 Å². The van der Waals surface area contributed by atoms with Gasteiger partial charge in [0.1, 0.15) is 12.1 Å². The average Bonchev–Trinajstić information content (AvgIpc) is 3.72. The van der Waals surface area contributed by atoms with Crippen LogP contribution in [0.3, 0.4) is 0 Å². The minimum atomic E-state index is -0.512. The van der Waals surface area contributed by atoms with Gasteiger partial charge in [0.05, 0.1) is 5.56 Å². The molecule has 6 rings (SSSR count). The predicted molar refractivity (Wildman–Crippen MR) is 169 cm³/mol. The molecule has 4 amide bonds. The van der Waals surface area contributed by atoms with Crippen molar-refractivity contribution in [2.24, 2.45) is 5.92 Å². The molecule has 44 heavy (non-hydrogen) atoms. The van der Waals surface area contributed by atoms with Gasteiger partial charge in [-0.3, -0.25) is 24.2 Å². The molecule has 0 spiro atoms. The van der Waals surface area contributed by atoms with Gasteiger partial charge in [-0.25, -0.2) is 0 Å². The quantitative estimate of drug-likeness (QED) is 0.349. The van der Waals surface area contributed by atoms with Crippen molar-refractivity contribution in [3.63, 3.8) is 0 Å². The van der Waals surface area contributed by atoms with E-state index in [-0.39, 0.29) is 35.6 Å². The van der Waals surface area contributed by atoms with Crippen molar-refractivity contribution in [3.05, 3.63) is 89.7 Å². The molecule has 3 fully saturated rings. The number of hydrogen-bond acceptors (Lipinski definition) is 5. The molecule has 2 aliphatic heterocycles. The van der Waals surface area contributed by atoms with E-state index < -0.39 is 6.04 Å². The summed E-state index contributed by atoms with van der Waals surface area (Å²) in [5.41, 5.74) is 3.80. The third-order valence-corrected chi connectivity index (χ3v) is 8.84. The van der Waals surface area contributed by atoms with Crippen LogP contribution in [0, 0.1) is 5.92 Å². The Morgan fingerprint density at radius 1 is 0.682 bits per heavy atom. The first kappa shape index (κ1) is 29.3. The third-order valence-electron chi connectivity index (χ3n) is 8.84. The molecule has 1 aliphatic carbocycles. The molecule has 3 aromatic rings. The number of benzene rings is 2. The first-order chi connectivity index (χ1) is 21.5. The molecule has 1 aromatic heterocycles. The smallest absolute Gasteiger partial charge is 0.256 e. The molecule has 0 unspecified atom stereocenters. The molecule has 2 atom stereocenters. The number of hydrogen-bond donors (Lipinski definition) is 2. The van der Waals surface area contributed by atoms with Gasteiger partial charge in [-0.15, -0.1) is 0 Å². The van der Waals surface area contributed by atoms with E-state index in [2.05, 4.69) is 15.6 Å². The lowest BCUT2D eigenvalue weighted by molar-refractivity contribution is -0.142. The average molecular weight is 592 g/mol. The Balaban J connectivity index is 1.00. The van der Waals surface area contributed by atoms with Crippen LogP contribution >= 0.6 is 0 Å². The first-order valence-corrected chi connectivity index (χ1v) is 15.5. The van der Waals surface area contributed by atoms with Gasteiger partial charge in [0.25, 0.3) is 5.91 Å². The zero-order valence-electron chi connectivity index (χ0n) is 24.7. The molecule has 2 N–H and O–H groups in total. The van der Waals surface area contributed by atoms with Crippen molar-refractivity contribution in [1.82, 2.24) is 14.8 Å². The summed E-state index contributed by atoms with van der Waals surface area (Å²) in [4.78, 5) is 59.1. The van der Waals surface area contributed by atoms with Crippen molar-refractivity contribution in [3.8, 4) is 0 Å². The Labute approximate surface area is 257 Å². The Hall–Kier alpha value is -4.79. The number of likely N-dealkylation sites (tertiary alicyclic amines) is 2. The summed E-state index contributed by atoms with van der Waals surface area (Å²) in [5, 5.41) is 5.94. The van der Waals surface area contributed by atoms with E-state index in [1.807, 2.05) is 60.7 Å². The Morgan fingerprint density at radius 2 is 1.23 bits per heavy atom. The monoisotopic (exact) mass is 591 g/mol. The third kappa shape index (κ3) is 6.56. The normalized spacial score (nSPS) is 20.0. The highest BCUT2D eigenvalue weighted by Gasteiger charge is 2.39. The Bertz CT molecular complexity index is 1530. The number of anilines is 2. The molecule has 3 aliphatic rings. The molecular weight excluding hydrogens is 554 g/mol. The lowest BCUT2D eigenvalue weighted by Crippen LogP contribution is -2.46. The van der Waals surface area contributed by atoms with Crippen molar-refractivity contribution >= 4 is 47.2 Å². The Kier molecular flexibility index (Phi) is 8.81. The van der Waals surface area contributed by atoms with Gasteiger partial charge in [0, 0.05) is 42.8 Å². The summed E-state index contributed by atoms with van der Waals surface area (Å²) >= 11 is 0. The van der Waals surface area contributed by atoms with Gasteiger partial charge in [-0.05, 0) is 86.1 Å². The van der Waals surface area contributed by atoms with Gasteiger partial charge in [-0.1, -0.05) is 42.8 Å². The van der Waals surface area contributed by atoms with E-state index in [4.69, 9.17) is 0 Å². The predicted octanol–water partition coefficient (Wildman–Crippen LogP) is 5.22. The van der Waals surface area contributed by atoms with Crippen LogP contribution in [-0.2, 0) is 14.4 Å². The fraction of sp³-hybridized carbons (Fsp3) is 0.343. The van der Waals surface area contributed by atoms with E-state index in [1.165, 1.54) is 6.20 Å². The van der Waals surface area contributed by atoms with E-state index in [1.54, 1.807) is 28.1 Å². The number of rotatable bonds is 8. The minimum absolute atomic E-state index is 0.0996. The van der Waals surface area contributed by atoms with Crippen LogP contribution in [0.5, 0.6) is 0 Å². The van der Waals surface area contributed by atoms with E-state index in [0.29, 0.717) is 42.9 Å². The number of carbonyl (C=O) groups excluding carboxylic acids is 4. The van der Waals surface area contributed by atoms with Crippen molar-refractivity contribution < 1.29 is 19.2 Å². The number of carbonyl (C=O) groups is 4. The molecule has 0 radical (unpaired) electrons. The fourth-order valence-electron chi connectivity index (χ4n) is 6.13. The number of amides is 4. The van der Waals surface area contributed by atoms with Crippen LogP contribution in [0.15, 0.2) is 73.1 Å². The van der Waals surface area contributed by atoms with E-state index in [9.17, 15) is 19.2 Å². The second-order valence-corrected chi connectivity index (χ2v) is 11.8. The van der Waals surface area contributed by atoms with Crippen LogP contribution in [0.1, 0.15) is 66.4 Å².